The van der Waals surface area contributed by atoms with Crippen LogP contribution in [0.1, 0.15) is 18.1 Å². The van der Waals surface area contributed by atoms with E-state index in [1.807, 2.05) is 6.92 Å². The van der Waals surface area contributed by atoms with Crippen LogP contribution in [0.2, 0.25) is 5.15 Å². The van der Waals surface area contributed by atoms with Crippen molar-refractivity contribution in [3.8, 4) is 0 Å². The van der Waals surface area contributed by atoms with E-state index in [-0.39, 0.29) is 0 Å². The maximum absolute atomic E-state index is 6.09. The Morgan fingerprint density at radius 2 is 2.06 bits per heavy atom. The summed E-state index contributed by atoms with van der Waals surface area (Å²) in [6.45, 7) is 4.17. The Hall–Kier alpha value is -1.61. The van der Waals surface area contributed by atoms with Gasteiger partial charge < -0.3 is 4.90 Å². The third-order valence-electron chi connectivity index (χ3n) is 3.43. The van der Waals surface area contributed by atoms with E-state index in [4.69, 9.17) is 11.6 Å². The Morgan fingerprint density at radius 3 is 2.89 bits per heavy atom. The molecular weight excluding hydrogens is 246 g/mol. The Bertz CT molecular complexity index is 597. The zero-order valence-corrected chi connectivity index (χ0v) is 11.1. The van der Waals surface area contributed by atoms with Gasteiger partial charge in [0.25, 0.3) is 0 Å². The number of para-hydroxylation sites is 1. The molecule has 1 aromatic heterocycles. The standard InChI is InChI=1S/C14H14ClN3/c1-9-7-11-5-3-4-6-12(11)18(9)14-10(2)13(15)16-8-17-14/h3-6,8-9H,7H2,1-2H3. The lowest BCUT2D eigenvalue weighted by Gasteiger charge is -2.25. The minimum Gasteiger partial charge on any atom is -0.323 e. The molecule has 4 heteroatoms. The monoisotopic (exact) mass is 259 g/mol. The summed E-state index contributed by atoms with van der Waals surface area (Å²) in [4.78, 5) is 10.7. The van der Waals surface area contributed by atoms with Crippen LogP contribution < -0.4 is 4.90 Å². The molecule has 3 rings (SSSR count). The fraction of sp³-hybridized carbons (Fsp3) is 0.286. The Kier molecular flexibility index (Phi) is 2.71. The lowest BCUT2D eigenvalue weighted by atomic mass is 10.1. The van der Waals surface area contributed by atoms with Gasteiger partial charge >= 0.3 is 0 Å². The van der Waals surface area contributed by atoms with Crippen molar-refractivity contribution in [2.75, 3.05) is 4.90 Å². The number of hydrogen-bond acceptors (Lipinski definition) is 3. The summed E-state index contributed by atoms with van der Waals surface area (Å²) in [5, 5.41) is 0.525. The molecule has 2 aromatic rings. The van der Waals surface area contributed by atoms with E-state index in [0.717, 1.165) is 17.8 Å². The molecule has 1 aliphatic rings. The van der Waals surface area contributed by atoms with Gasteiger partial charge in [0, 0.05) is 17.3 Å². The van der Waals surface area contributed by atoms with Crippen LogP contribution in [0, 0.1) is 6.92 Å². The maximum atomic E-state index is 6.09. The first-order valence-corrected chi connectivity index (χ1v) is 6.40. The summed E-state index contributed by atoms with van der Waals surface area (Å²) in [6.07, 6.45) is 2.57. The minimum atomic E-state index is 0.395. The Balaban J connectivity index is 2.15. The fourth-order valence-electron chi connectivity index (χ4n) is 2.55. The lowest BCUT2D eigenvalue weighted by molar-refractivity contribution is 0.746. The van der Waals surface area contributed by atoms with Gasteiger partial charge in [-0.25, -0.2) is 9.97 Å². The molecule has 1 unspecified atom stereocenters. The molecule has 1 aliphatic heterocycles. The summed E-state index contributed by atoms with van der Waals surface area (Å²) in [5.41, 5.74) is 3.52. The van der Waals surface area contributed by atoms with E-state index in [1.165, 1.54) is 17.6 Å². The molecule has 1 atom stereocenters. The summed E-state index contributed by atoms with van der Waals surface area (Å²) < 4.78 is 0. The van der Waals surface area contributed by atoms with Crippen molar-refractivity contribution in [1.29, 1.82) is 0 Å². The third-order valence-corrected chi connectivity index (χ3v) is 3.81. The predicted octanol–water partition coefficient (Wildman–Crippen LogP) is 3.52. The van der Waals surface area contributed by atoms with E-state index in [1.54, 1.807) is 0 Å². The number of anilines is 2. The van der Waals surface area contributed by atoms with Crippen LogP contribution in [0.3, 0.4) is 0 Å². The normalized spacial score (nSPS) is 17.9. The second kappa shape index (κ2) is 4.25. The summed E-state index contributed by atoms with van der Waals surface area (Å²) in [5.74, 6) is 0.910. The maximum Gasteiger partial charge on any atom is 0.141 e. The quantitative estimate of drug-likeness (QED) is 0.734. The van der Waals surface area contributed by atoms with Gasteiger partial charge in [0.1, 0.15) is 17.3 Å². The number of rotatable bonds is 1. The van der Waals surface area contributed by atoms with Gasteiger partial charge in [-0.05, 0) is 31.9 Å². The number of halogens is 1. The van der Waals surface area contributed by atoms with E-state index >= 15 is 0 Å². The molecular formula is C14H14ClN3. The van der Waals surface area contributed by atoms with Crippen LogP contribution in [-0.2, 0) is 6.42 Å². The average molecular weight is 260 g/mol. The van der Waals surface area contributed by atoms with Crippen LogP contribution >= 0.6 is 11.6 Å². The smallest absolute Gasteiger partial charge is 0.141 e. The Labute approximate surface area is 111 Å². The van der Waals surface area contributed by atoms with E-state index < -0.39 is 0 Å². The molecule has 0 N–H and O–H groups in total. The molecule has 3 nitrogen and oxygen atoms in total. The van der Waals surface area contributed by atoms with Crippen molar-refractivity contribution in [3.05, 3.63) is 46.9 Å². The minimum absolute atomic E-state index is 0.395. The molecule has 2 heterocycles. The highest BCUT2D eigenvalue weighted by Gasteiger charge is 2.29. The highest BCUT2D eigenvalue weighted by molar-refractivity contribution is 6.30. The number of aromatic nitrogens is 2. The first-order valence-electron chi connectivity index (χ1n) is 6.02. The zero-order chi connectivity index (χ0) is 12.7. The van der Waals surface area contributed by atoms with Gasteiger partial charge in [-0.2, -0.15) is 0 Å². The third kappa shape index (κ3) is 1.66. The van der Waals surface area contributed by atoms with Gasteiger partial charge in [0.15, 0.2) is 0 Å². The highest BCUT2D eigenvalue weighted by atomic mass is 35.5. The van der Waals surface area contributed by atoms with Crippen molar-refractivity contribution in [3.63, 3.8) is 0 Å². The number of hydrogen-bond donors (Lipinski definition) is 0. The van der Waals surface area contributed by atoms with Crippen LogP contribution in [-0.4, -0.2) is 16.0 Å². The van der Waals surface area contributed by atoms with Crippen LogP contribution in [0.25, 0.3) is 0 Å². The van der Waals surface area contributed by atoms with Gasteiger partial charge in [0.05, 0.1) is 0 Å². The summed E-state index contributed by atoms with van der Waals surface area (Å²) in [7, 11) is 0. The van der Waals surface area contributed by atoms with E-state index in [9.17, 15) is 0 Å². The van der Waals surface area contributed by atoms with Gasteiger partial charge in [-0.3, -0.25) is 0 Å². The van der Waals surface area contributed by atoms with Crippen molar-refractivity contribution in [2.24, 2.45) is 0 Å². The van der Waals surface area contributed by atoms with E-state index in [2.05, 4.69) is 46.1 Å². The van der Waals surface area contributed by atoms with Gasteiger partial charge in [0.2, 0.25) is 0 Å². The predicted molar refractivity (Wildman–Crippen MR) is 73.5 cm³/mol. The first-order chi connectivity index (χ1) is 8.68. The van der Waals surface area contributed by atoms with Gasteiger partial charge in [-0.1, -0.05) is 29.8 Å². The van der Waals surface area contributed by atoms with Crippen molar-refractivity contribution in [1.82, 2.24) is 9.97 Å². The van der Waals surface area contributed by atoms with Crippen molar-refractivity contribution >= 4 is 23.1 Å². The molecule has 92 valence electrons. The molecule has 0 bridgehead atoms. The van der Waals surface area contributed by atoms with Crippen molar-refractivity contribution in [2.45, 2.75) is 26.3 Å². The topological polar surface area (TPSA) is 29.0 Å². The summed E-state index contributed by atoms with van der Waals surface area (Å²) in [6, 6.07) is 8.84. The second-order valence-electron chi connectivity index (χ2n) is 4.66. The van der Waals surface area contributed by atoms with E-state index in [0.29, 0.717) is 11.2 Å². The molecule has 0 spiro atoms. The molecule has 18 heavy (non-hydrogen) atoms. The average Bonchev–Trinajstić information content (AvgIpc) is 2.69. The molecule has 1 aromatic carbocycles. The van der Waals surface area contributed by atoms with Crippen molar-refractivity contribution < 1.29 is 0 Å². The molecule has 0 amide bonds. The van der Waals surface area contributed by atoms with Crippen LogP contribution in [0.15, 0.2) is 30.6 Å². The second-order valence-corrected chi connectivity index (χ2v) is 5.02. The highest BCUT2D eigenvalue weighted by Crippen LogP contribution is 2.39. The first kappa shape index (κ1) is 11.5. The number of nitrogens with zero attached hydrogens (tertiary/aromatic N) is 3. The lowest BCUT2D eigenvalue weighted by Crippen LogP contribution is -2.25. The van der Waals surface area contributed by atoms with Crippen LogP contribution in [0.4, 0.5) is 11.5 Å². The van der Waals surface area contributed by atoms with Gasteiger partial charge in [-0.15, -0.1) is 0 Å². The largest absolute Gasteiger partial charge is 0.323 e. The molecule has 0 radical (unpaired) electrons. The summed E-state index contributed by atoms with van der Waals surface area (Å²) >= 11 is 6.09. The molecule has 0 saturated carbocycles. The zero-order valence-electron chi connectivity index (χ0n) is 10.4. The fourth-order valence-corrected chi connectivity index (χ4v) is 2.68. The SMILES string of the molecule is Cc1c(Cl)ncnc1N1c2ccccc2CC1C. The molecule has 0 saturated heterocycles. The van der Waals surface area contributed by atoms with Crippen LogP contribution in [0.5, 0.6) is 0 Å². The number of benzene rings is 1. The number of fused-ring (bicyclic) bond motifs is 1. The molecule has 0 fully saturated rings. The molecule has 0 aliphatic carbocycles. The Morgan fingerprint density at radius 1 is 1.28 bits per heavy atom.